The largest absolute Gasteiger partial charge is 0.357 e. The minimum atomic E-state index is -0.447. The third-order valence-corrected chi connectivity index (χ3v) is 3.45. The van der Waals surface area contributed by atoms with Crippen molar-refractivity contribution in [1.29, 1.82) is 0 Å². The monoisotopic (exact) mass is 255 g/mol. The molecule has 0 saturated carbocycles. The zero-order valence-electron chi connectivity index (χ0n) is 11.4. The quantitative estimate of drug-likeness (QED) is 0.733. The van der Waals surface area contributed by atoms with Gasteiger partial charge >= 0.3 is 5.69 Å². The molecule has 0 radical (unpaired) electrons. The standard InChI is InChI=1S/C11H21N5O2/c1-5-11(6-2,7-12)13-8-9(17)15(3)10(18)16(4)14-8/h5-7,12H2,1-4H3,(H,13,14). The molecule has 1 aromatic heterocycles. The molecule has 0 fully saturated rings. The molecule has 7 nitrogen and oxygen atoms in total. The highest BCUT2D eigenvalue weighted by Crippen LogP contribution is 2.17. The Hall–Kier alpha value is -1.63. The molecule has 7 heteroatoms. The number of nitrogens with two attached hydrogens (primary N) is 1. The van der Waals surface area contributed by atoms with E-state index >= 15 is 0 Å². The van der Waals surface area contributed by atoms with Crippen LogP contribution in [0.5, 0.6) is 0 Å². The number of anilines is 1. The lowest BCUT2D eigenvalue weighted by Crippen LogP contribution is -2.48. The van der Waals surface area contributed by atoms with Gasteiger partial charge in [-0.1, -0.05) is 13.8 Å². The molecule has 0 atom stereocenters. The molecule has 0 aromatic carbocycles. The summed E-state index contributed by atoms with van der Waals surface area (Å²) >= 11 is 0. The highest BCUT2D eigenvalue weighted by atomic mass is 16.2. The summed E-state index contributed by atoms with van der Waals surface area (Å²) in [5.41, 5.74) is 4.52. The summed E-state index contributed by atoms with van der Waals surface area (Å²) in [7, 11) is 2.94. The van der Waals surface area contributed by atoms with Gasteiger partial charge in [0.2, 0.25) is 5.82 Å². The van der Waals surface area contributed by atoms with Crippen LogP contribution in [0.25, 0.3) is 0 Å². The highest BCUT2D eigenvalue weighted by molar-refractivity contribution is 5.34. The van der Waals surface area contributed by atoms with Gasteiger partial charge in [0.15, 0.2) is 0 Å². The van der Waals surface area contributed by atoms with Crippen LogP contribution in [-0.4, -0.2) is 26.4 Å². The fraction of sp³-hybridized carbons (Fsp3) is 0.727. The van der Waals surface area contributed by atoms with Crippen molar-refractivity contribution in [3.05, 3.63) is 20.8 Å². The minimum absolute atomic E-state index is 0.161. The lowest BCUT2D eigenvalue weighted by atomic mass is 9.93. The molecule has 0 saturated heterocycles. The normalized spacial score (nSPS) is 11.6. The zero-order valence-corrected chi connectivity index (χ0v) is 11.4. The van der Waals surface area contributed by atoms with Crippen molar-refractivity contribution in [3.63, 3.8) is 0 Å². The fourth-order valence-electron chi connectivity index (χ4n) is 1.79. The first-order valence-corrected chi connectivity index (χ1v) is 6.03. The lowest BCUT2D eigenvalue weighted by Gasteiger charge is -2.31. The van der Waals surface area contributed by atoms with Gasteiger partial charge in [0.05, 0.1) is 5.54 Å². The SMILES string of the molecule is CCC(CC)(CN)Nc1nn(C)c(=O)n(C)c1=O. The topological polar surface area (TPSA) is 94.9 Å². The molecule has 0 aliphatic rings. The van der Waals surface area contributed by atoms with Crippen LogP contribution in [0.2, 0.25) is 0 Å². The molecule has 18 heavy (non-hydrogen) atoms. The molecule has 0 spiro atoms. The summed E-state index contributed by atoms with van der Waals surface area (Å²) in [5, 5.41) is 7.06. The smallest absolute Gasteiger partial charge is 0.346 e. The molecule has 0 aliphatic heterocycles. The van der Waals surface area contributed by atoms with E-state index in [0.717, 1.165) is 22.1 Å². The summed E-state index contributed by atoms with van der Waals surface area (Å²) in [5.74, 6) is 0.161. The van der Waals surface area contributed by atoms with E-state index in [9.17, 15) is 9.59 Å². The van der Waals surface area contributed by atoms with E-state index in [-0.39, 0.29) is 11.4 Å². The summed E-state index contributed by atoms with van der Waals surface area (Å²) < 4.78 is 2.16. The third-order valence-electron chi connectivity index (χ3n) is 3.45. The van der Waals surface area contributed by atoms with Crippen LogP contribution in [0.4, 0.5) is 5.82 Å². The van der Waals surface area contributed by atoms with Crippen LogP contribution in [0.3, 0.4) is 0 Å². The Balaban J connectivity index is 3.28. The predicted octanol–water partition coefficient (Wildman–Crippen LogP) is -0.592. The second kappa shape index (κ2) is 5.34. The van der Waals surface area contributed by atoms with Gasteiger partial charge in [0.25, 0.3) is 5.56 Å². The maximum Gasteiger partial charge on any atom is 0.346 e. The van der Waals surface area contributed by atoms with E-state index in [1.807, 2.05) is 13.8 Å². The van der Waals surface area contributed by atoms with Crippen molar-refractivity contribution in [2.75, 3.05) is 11.9 Å². The number of rotatable bonds is 5. The summed E-state index contributed by atoms with van der Waals surface area (Å²) in [6.45, 7) is 4.39. The van der Waals surface area contributed by atoms with Crippen LogP contribution in [0.15, 0.2) is 9.59 Å². The van der Waals surface area contributed by atoms with Crippen molar-refractivity contribution in [2.45, 2.75) is 32.2 Å². The van der Waals surface area contributed by atoms with E-state index in [1.165, 1.54) is 14.1 Å². The van der Waals surface area contributed by atoms with Crippen LogP contribution >= 0.6 is 0 Å². The lowest BCUT2D eigenvalue weighted by molar-refractivity contribution is 0.438. The molecule has 0 bridgehead atoms. The average molecular weight is 255 g/mol. The predicted molar refractivity (Wildman–Crippen MR) is 70.7 cm³/mol. The Labute approximate surface area is 106 Å². The van der Waals surface area contributed by atoms with Crippen LogP contribution in [0, 0.1) is 0 Å². The van der Waals surface area contributed by atoms with Crippen molar-refractivity contribution < 1.29 is 0 Å². The molecule has 0 unspecified atom stereocenters. The van der Waals surface area contributed by atoms with E-state index < -0.39 is 11.2 Å². The van der Waals surface area contributed by atoms with Crippen LogP contribution in [0.1, 0.15) is 26.7 Å². The highest BCUT2D eigenvalue weighted by Gasteiger charge is 2.26. The van der Waals surface area contributed by atoms with Gasteiger partial charge in [-0.05, 0) is 12.8 Å². The number of aromatic nitrogens is 3. The molecule has 0 aliphatic carbocycles. The van der Waals surface area contributed by atoms with Crippen LogP contribution in [-0.2, 0) is 14.1 Å². The molecular formula is C11H21N5O2. The molecule has 1 rings (SSSR count). The van der Waals surface area contributed by atoms with Gasteiger partial charge in [0, 0.05) is 20.6 Å². The number of nitrogens with zero attached hydrogens (tertiary/aromatic N) is 3. The third kappa shape index (κ3) is 2.45. The first kappa shape index (κ1) is 14.4. The Morgan fingerprint density at radius 1 is 1.28 bits per heavy atom. The minimum Gasteiger partial charge on any atom is -0.357 e. The second-order valence-corrected chi connectivity index (χ2v) is 4.44. The Morgan fingerprint density at radius 2 is 1.83 bits per heavy atom. The molecule has 1 aromatic rings. The molecule has 102 valence electrons. The Kier molecular flexibility index (Phi) is 4.28. The zero-order chi connectivity index (χ0) is 13.9. The van der Waals surface area contributed by atoms with Gasteiger partial charge in [-0.25, -0.2) is 9.48 Å². The van der Waals surface area contributed by atoms with Crippen molar-refractivity contribution in [2.24, 2.45) is 19.8 Å². The first-order valence-electron chi connectivity index (χ1n) is 6.03. The Morgan fingerprint density at radius 3 is 2.28 bits per heavy atom. The van der Waals surface area contributed by atoms with Crippen molar-refractivity contribution in [1.82, 2.24) is 14.3 Å². The molecule has 3 N–H and O–H groups in total. The number of nitrogens with one attached hydrogen (secondary N) is 1. The van der Waals surface area contributed by atoms with Crippen molar-refractivity contribution in [3.8, 4) is 0 Å². The fourth-order valence-corrected chi connectivity index (χ4v) is 1.79. The summed E-state index contributed by atoms with van der Waals surface area (Å²) in [6, 6.07) is 0. The molecule has 1 heterocycles. The maximum atomic E-state index is 12.0. The van der Waals surface area contributed by atoms with Crippen molar-refractivity contribution >= 4 is 5.82 Å². The number of hydrogen-bond donors (Lipinski definition) is 2. The van der Waals surface area contributed by atoms with E-state index in [2.05, 4.69) is 10.4 Å². The van der Waals surface area contributed by atoms with Gasteiger partial charge < -0.3 is 11.1 Å². The van der Waals surface area contributed by atoms with E-state index in [4.69, 9.17) is 5.73 Å². The summed E-state index contributed by atoms with van der Waals surface area (Å²) in [6.07, 6.45) is 1.54. The maximum absolute atomic E-state index is 12.0. The van der Waals surface area contributed by atoms with E-state index in [0.29, 0.717) is 6.54 Å². The molecular weight excluding hydrogens is 234 g/mol. The van der Waals surface area contributed by atoms with Crippen LogP contribution < -0.4 is 22.3 Å². The van der Waals surface area contributed by atoms with Gasteiger partial charge in [-0.15, -0.1) is 5.10 Å². The summed E-state index contributed by atoms with van der Waals surface area (Å²) in [4.78, 5) is 23.5. The molecule has 0 amide bonds. The van der Waals surface area contributed by atoms with Gasteiger partial charge in [-0.3, -0.25) is 9.36 Å². The van der Waals surface area contributed by atoms with E-state index in [1.54, 1.807) is 0 Å². The Bertz CT molecular complexity index is 519. The second-order valence-electron chi connectivity index (χ2n) is 4.44. The van der Waals surface area contributed by atoms with Gasteiger partial charge in [-0.2, -0.15) is 0 Å². The number of hydrogen-bond acceptors (Lipinski definition) is 5. The first-order chi connectivity index (χ1) is 8.40. The number of aryl methyl sites for hydroxylation is 1. The average Bonchev–Trinajstić information content (AvgIpc) is 2.39. The van der Waals surface area contributed by atoms with Gasteiger partial charge in [0.1, 0.15) is 0 Å².